The van der Waals surface area contributed by atoms with E-state index >= 15 is 0 Å². The number of aliphatic hydroxyl groups excluding tert-OH is 1. The number of aromatic nitrogens is 2. The predicted octanol–water partition coefficient (Wildman–Crippen LogP) is 4.39. The first-order valence-corrected chi connectivity index (χ1v) is 9.65. The Bertz CT molecular complexity index is 1340. The molecule has 154 valence electrons. The molecule has 0 fully saturated rings. The van der Waals surface area contributed by atoms with Gasteiger partial charge in [-0.1, -0.05) is 30.0 Å². The van der Waals surface area contributed by atoms with Crippen molar-refractivity contribution in [3.63, 3.8) is 0 Å². The minimum absolute atomic E-state index is 0.198. The van der Waals surface area contributed by atoms with Gasteiger partial charge in [0.05, 0.1) is 24.3 Å². The summed E-state index contributed by atoms with van der Waals surface area (Å²) in [5.41, 5.74) is 4.80. The molecule has 2 heterocycles. The number of carboxylic acids is 1. The molecule has 3 N–H and O–H groups in total. The normalized spacial score (nSPS) is 11.6. The smallest absolute Gasteiger partial charge is 0.335 e. The van der Waals surface area contributed by atoms with Crippen molar-refractivity contribution in [1.82, 2.24) is 9.97 Å². The Kier molecular flexibility index (Phi) is 5.44. The largest absolute Gasteiger partial charge is 0.496 e. The first-order valence-electron chi connectivity index (χ1n) is 9.65. The Labute approximate surface area is 179 Å². The molecule has 31 heavy (non-hydrogen) atoms. The molecule has 0 saturated heterocycles. The van der Waals surface area contributed by atoms with Gasteiger partial charge in [-0.15, -0.1) is 0 Å². The summed E-state index contributed by atoms with van der Waals surface area (Å²) in [6.07, 6.45) is 2.92. The monoisotopic (exact) mass is 412 g/mol. The number of rotatable bonds is 4. The molecular formula is C25H20N2O4. The fraction of sp³-hybridized carbons (Fsp3) is 0.120. The summed E-state index contributed by atoms with van der Waals surface area (Å²) in [4.78, 5) is 18.8. The van der Waals surface area contributed by atoms with E-state index in [9.17, 15) is 9.90 Å². The van der Waals surface area contributed by atoms with Gasteiger partial charge in [-0.2, -0.15) is 0 Å². The van der Waals surface area contributed by atoms with Gasteiger partial charge in [-0.3, -0.25) is 0 Å². The van der Waals surface area contributed by atoms with Crippen LogP contribution in [-0.2, 0) is 0 Å². The van der Waals surface area contributed by atoms with E-state index in [1.54, 1.807) is 44.6 Å². The van der Waals surface area contributed by atoms with Crippen molar-refractivity contribution in [2.45, 2.75) is 13.0 Å². The van der Waals surface area contributed by atoms with Crippen LogP contribution in [0.4, 0.5) is 0 Å². The SMILES string of the molecule is COc1cc(-c2cnc3[nH]cc(C#Cc4cccc(C(=O)O)c4)c3c2)ccc1C(C)O. The highest BCUT2D eigenvalue weighted by atomic mass is 16.5. The van der Waals surface area contributed by atoms with Crippen LogP contribution in [0.25, 0.3) is 22.2 Å². The molecule has 0 bridgehead atoms. The molecular weight excluding hydrogens is 392 g/mol. The Hall–Kier alpha value is -4.08. The topological polar surface area (TPSA) is 95.4 Å². The molecule has 6 nitrogen and oxygen atoms in total. The molecule has 4 rings (SSSR count). The fourth-order valence-electron chi connectivity index (χ4n) is 3.37. The summed E-state index contributed by atoms with van der Waals surface area (Å²) in [7, 11) is 1.58. The molecule has 0 amide bonds. The van der Waals surface area contributed by atoms with E-state index in [0.717, 1.165) is 27.6 Å². The van der Waals surface area contributed by atoms with Gasteiger partial charge in [0.15, 0.2) is 0 Å². The van der Waals surface area contributed by atoms with E-state index in [0.29, 0.717) is 17.0 Å². The third-order valence-corrected chi connectivity index (χ3v) is 5.00. The summed E-state index contributed by atoms with van der Waals surface area (Å²) in [5.74, 6) is 5.75. The third-order valence-electron chi connectivity index (χ3n) is 5.00. The van der Waals surface area contributed by atoms with Crippen LogP contribution in [0.2, 0.25) is 0 Å². The third kappa shape index (κ3) is 4.13. The van der Waals surface area contributed by atoms with Gasteiger partial charge in [-0.05, 0) is 42.8 Å². The van der Waals surface area contributed by atoms with E-state index in [1.165, 1.54) is 6.07 Å². The number of methoxy groups -OCH3 is 1. The van der Waals surface area contributed by atoms with Crippen molar-refractivity contribution < 1.29 is 19.7 Å². The number of nitrogens with one attached hydrogen (secondary N) is 1. The maximum atomic E-state index is 11.2. The number of pyridine rings is 1. The zero-order valence-electron chi connectivity index (χ0n) is 17.0. The molecule has 0 aliphatic rings. The van der Waals surface area contributed by atoms with Gasteiger partial charge in [-0.25, -0.2) is 9.78 Å². The molecule has 0 saturated carbocycles. The van der Waals surface area contributed by atoms with E-state index in [-0.39, 0.29) is 5.56 Å². The molecule has 0 aliphatic heterocycles. The Morgan fingerprint density at radius 3 is 2.71 bits per heavy atom. The van der Waals surface area contributed by atoms with E-state index in [1.807, 2.05) is 24.3 Å². The van der Waals surface area contributed by atoms with Gasteiger partial charge in [0.1, 0.15) is 11.4 Å². The molecule has 6 heteroatoms. The number of ether oxygens (including phenoxy) is 1. The van der Waals surface area contributed by atoms with Crippen molar-refractivity contribution in [1.29, 1.82) is 0 Å². The first kappa shape index (κ1) is 20.2. The van der Waals surface area contributed by atoms with E-state index < -0.39 is 12.1 Å². The fourth-order valence-corrected chi connectivity index (χ4v) is 3.37. The van der Waals surface area contributed by atoms with Crippen molar-refractivity contribution in [2.24, 2.45) is 0 Å². The van der Waals surface area contributed by atoms with Crippen LogP contribution in [0.5, 0.6) is 5.75 Å². The Morgan fingerprint density at radius 2 is 1.97 bits per heavy atom. The number of aromatic carboxylic acids is 1. The van der Waals surface area contributed by atoms with Crippen LogP contribution in [0, 0.1) is 11.8 Å². The highest BCUT2D eigenvalue weighted by Gasteiger charge is 2.12. The van der Waals surface area contributed by atoms with Crippen molar-refractivity contribution in [2.75, 3.05) is 7.11 Å². The molecule has 0 aliphatic carbocycles. The van der Waals surface area contributed by atoms with Crippen molar-refractivity contribution in [3.05, 3.63) is 83.2 Å². The number of hydrogen-bond acceptors (Lipinski definition) is 4. The summed E-state index contributed by atoms with van der Waals surface area (Å²) in [6.45, 7) is 1.70. The number of hydrogen-bond donors (Lipinski definition) is 3. The van der Waals surface area contributed by atoms with Crippen LogP contribution in [0.15, 0.2) is 60.9 Å². The average molecular weight is 412 g/mol. The minimum atomic E-state index is -0.985. The quantitative estimate of drug-likeness (QED) is 0.432. The molecule has 2 aromatic carbocycles. The summed E-state index contributed by atoms with van der Waals surface area (Å²) < 4.78 is 5.43. The number of nitrogens with zero attached hydrogens (tertiary/aromatic N) is 1. The Balaban J connectivity index is 1.73. The van der Waals surface area contributed by atoms with Crippen LogP contribution in [-0.4, -0.2) is 33.3 Å². The average Bonchev–Trinajstić information content (AvgIpc) is 3.19. The summed E-state index contributed by atoms with van der Waals surface area (Å²) >= 11 is 0. The highest BCUT2D eigenvalue weighted by Crippen LogP contribution is 2.32. The number of carbonyl (C=O) groups is 1. The lowest BCUT2D eigenvalue weighted by Gasteiger charge is -2.12. The second kappa shape index (κ2) is 8.34. The van der Waals surface area contributed by atoms with Crippen LogP contribution < -0.4 is 4.74 Å². The molecule has 4 aromatic rings. The van der Waals surface area contributed by atoms with Crippen LogP contribution >= 0.6 is 0 Å². The maximum Gasteiger partial charge on any atom is 0.335 e. The van der Waals surface area contributed by atoms with Crippen molar-refractivity contribution >= 4 is 17.0 Å². The number of benzene rings is 2. The highest BCUT2D eigenvalue weighted by molar-refractivity contribution is 5.89. The molecule has 2 aromatic heterocycles. The Morgan fingerprint density at radius 1 is 1.13 bits per heavy atom. The van der Waals surface area contributed by atoms with E-state index in [2.05, 4.69) is 21.8 Å². The lowest BCUT2D eigenvalue weighted by atomic mass is 10.0. The molecule has 1 atom stereocenters. The zero-order valence-corrected chi connectivity index (χ0v) is 17.0. The van der Waals surface area contributed by atoms with E-state index in [4.69, 9.17) is 9.84 Å². The van der Waals surface area contributed by atoms with Gasteiger partial charge in [0, 0.05) is 34.5 Å². The lowest BCUT2D eigenvalue weighted by molar-refractivity contribution is 0.0697. The van der Waals surface area contributed by atoms with Crippen molar-refractivity contribution in [3.8, 4) is 28.7 Å². The molecule has 1 unspecified atom stereocenters. The summed E-state index contributed by atoms with van der Waals surface area (Å²) in [5, 5.41) is 19.9. The lowest BCUT2D eigenvalue weighted by Crippen LogP contribution is -1.96. The minimum Gasteiger partial charge on any atom is -0.496 e. The van der Waals surface area contributed by atoms with Gasteiger partial charge in [0.2, 0.25) is 0 Å². The molecule has 0 radical (unpaired) electrons. The number of carboxylic acid groups (broad SMARTS) is 1. The van der Waals surface area contributed by atoms with Gasteiger partial charge >= 0.3 is 5.97 Å². The number of H-pyrrole nitrogens is 1. The number of aromatic amines is 1. The summed E-state index contributed by atoms with van der Waals surface area (Å²) in [6, 6.07) is 14.2. The van der Waals surface area contributed by atoms with Gasteiger partial charge < -0.3 is 19.9 Å². The maximum absolute atomic E-state index is 11.2. The number of aliphatic hydroxyl groups is 1. The van der Waals surface area contributed by atoms with Gasteiger partial charge in [0.25, 0.3) is 0 Å². The zero-order chi connectivity index (χ0) is 22.0. The first-order chi connectivity index (χ1) is 15.0. The second-order valence-electron chi connectivity index (χ2n) is 7.09. The molecule has 0 spiro atoms. The second-order valence-corrected chi connectivity index (χ2v) is 7.09. The van der Waals surface area contributed by atoms with Crippen LogP contribution in [0.3, 0.4) is 0 Å². The number of fused-ring (bicyclic) bond motifs is 1. The standard InChI is InChI=1S/C25H20N2O4/c1-15(28)21-9-8-17(12-23(21)31-2)20-11-22-19(13-26-24(22)27-14-20)7-6-16-4-3-5-18(10-16)25(29)30/h3-5,8-15,28H,1-2H3,(H,26,27)(H,29,30). The predicted molar refractivity (Wildman–Crippen MR) is 118 cm³/mol. The van der Waals surface area contributed by atoms with Crippen LogP contribution in [0.1, 0.15) is 40.1 Å².